The molecule has 0 aliphatic heterocycles. The Morgan fingerprint density at radius 1 is 1.33 bits per heavy atom. The first kappa shape index (κ1) is 16.0. The summed E-state index contributed by atoms with van der Waals surface area (Å²) in [7, 11) is 0. The molecule has 0 radical (unpaired) electrons. The third kappa shape index (κ3) is 4.06. The van der Waals surface area contributed by atoms with E-state index >= 15 is 0 Å². The fourth-order valence-electron chi connectivity index (χ4n) is 2.17. The maximum Gasteiger partial charge on any atom is 0.309 e. The van der Waals surface area contributed by atoms with E-state index in [1.807, 2.05) is 29.2 Å². The van der Waals surface area contributed by atoms with Gasteiger partial charge in [-0.3, -0.25) is 9.59 Å². The van der Waals surface area contributed by atoms with Gasteiger partial charge < -0.3 is 10.0 Å². The van der Waals surface area contributed by atoms with Crippen molar-refractivity contribution >= 4 is 27.8 Å². The van der Waals surface area contributed by atoms with E-state index in [0.717, 1.165) is 22.9 Å². The number of benzene rings is 1. The van der Waals surface area contributed by atoms with Crippen LogP contribution < -0.4 is 0 Å². The van der Waals surface area contributed by atoms with Gasteiger partial charge in [-0.25, -0.2) is 0 Å². The van der Waals surface area contributed by atoms with Crippen molar-refractivity contribution in [3.63, 3.8) is 0 Å². The molecule has 21 heavy (non-hydrogen) atoms. The SMILES string of the molecule is CC(C)(CC(=O)N(Cc1ccccc1Br)C1CC1)C(=O)O. The minimum absolute atomic E-state index is 0.0310. The monoisotopic (exact) mass is 353 g/mol. The average Bonchev–Trinajstić information content (AvgIpc) is 3.21. The summed E-state index contributed by atoms with van der Waals surface area (Å²) in [6.45, 7) is 3.72. The molecule has 0 unspecified atom stereocenters. The smallest absolute Gasteiger partial charge is 0.309 e. The summed E-state index contributed by atoms with van der Waals surface area (Å²) in [6, 6.07) is 8.07. The molecule has 114 valence electrons. The van der Waals surface area contributed by atoms with E-state index in [1.54, 1.807) is 13.8 Å². The number of carbonyl (C=O) groups excluding carboxylic acids is 1. The van der Waals surface area contributed by atoms with E-state index in [-0.39, 0.29) is 18.4 Å². The summed E-state index contributed by atoms with van der Waals surface area (Å²) in [5, 5.41) is 9.18. The lowest BCUT2D eigenvalue weighted by Crippen LogP contribution is -2.38. The highest BCUT2D eigenvalue weighted by Gasteiger charge is 2.37. The maximum atomic E-state index is 12.5. The van der Waals surface area contributed by atoms with Gasteiger partial charge in [0.25, 0.3) is 0 Å². The number of nitrogens with zero attached hydrogens (tertiary/aromatic N) is 1. The van der Waals surface area contributed by atoms with Gasteiger partial charge in [0.2, 0.25) is 5.91 Å². The van der Waals surface area contributed by atoms with Crippen molar-refractivity contribution in [2.75, 3.05) is 0 Å². The van der Waals surface area contributed by atoms with E-state index in [0.29, 0.717) is 6.54 Å². The zero-order chi connectivity index (χ0) is 15.6. The molecule has 2 rings (SSSR count). The Bertz CT molecular complexity index is 552. The van der Waals surface area contributed by atoms with Gasteiger partial charge in [0.05, 0.1) is 5.41 Å². The summed E-state index contributed by atoms with van der Waals surface area (Å²) >= 11 is 3.50. The normalized spacial score (nSPS) is 14.8. The van der Waals surface area contributed by atoms with Crippen molar-refractivity contribution in [2.24, 2.45) is 5.41 Å². The Kier molecular flexibility index (Phi) is 4.71. The molecule has 0 spiro atoms. The second-order valence-corrected chi connectivity index (χ2v) is 7.06. The topological polar surface area (TPSA) is 57.6 Å². The van der Waals surface area contributed by atoms with Crippen LogP contribution in [0.2, 0.25) is 0 Å². The number of hydrogen-bond acceptors (Lipinski definition) is 2. The molecule has 1 aromatic rings. The molecular weight excluding hydrogens is 334 g/mol. The molecule has 1 aliphatic rings. The standard InChI is InChI=1S/C16H20BrNO3/c1-16(2,15(20)21)9-14(19)18(12-7-8-12)10-11-5-3-4-6-13(11)17/h3-6,12H,7-10H2,1-2H3,(H,20,21). The van der Waals surface area contributed by atoms with E-state index in [2.05, 4.69) is 15.9 Å². The molecule has 0 saturated heterocycles. The first-order chi connectivity index (χ1) is 9.81. The Labute approximate surface area is 133 Å². The second-order valence-electron chi connectivity index (χ2n) is 6.21. The van der Waals surface area contributed by atoms with Crippen molar-refractivity contribution in [2.45, 2.75) is 45.7 Å². The van der Waals surface area contributed by atoms with E-state index < -0.39 is 11.4 Å². The summed E-state index contributed by atoms with van der Waals surface area (Å²) in [5.41, 5.74) is 0.0175. The van der Waals surface area contributed by atoms with E-state index in [9.17, 15) is 14.7 Å². The van der Waals surface area contributed by atoms with Gasteiger partial charge in [-0.2, -0.15) is 0 Å². The van der Waals surface area contributed by atoms with Gasteiger partial charge in [0.15, 0.2) is 0 Å². The molecule has 1 aromatic carbocycles. The Morgan fingerprint density at radius 2 is 1.95 bits per heavy atom. The molecule has 0 bridgehead atoms. The number of amides is 1. The van der Waals surface area contributed by atoms with Crippen LogP contribution in [0.4, 0.5) is 0 Å². The Balaban J connectivity index is 2.11. The highest BCUT2D eigenvalue weighted by atomic mass is 79.9. The zero-order valence-electron chi connectivity index (χ0n) is 12.3. The summed E-state index contributed by atoms with van der Waals surface area (Å²) in [6.07, 6.45) is 2.04. The van der Waals surface area contributed by atoms with Crippen LogP contribution in [0.3, 0.4) is 0 Å². The lowest BCUT2D eigenvalue weighted by atomic mass is 9.89. The third-order valence-corrected chi connectivity index (χ3v) is 4.55. The first-order valence-corrected chi connectivity index (χ1v) is 7.87. The number of hydrogen-bond donors (Lipinski definition) is 1. The van der Waals surface area contributed by atoms with Crippen molar-refractivity contribution in [1.82, 2.24) is 4.90 Å². The molecule has 4 nitrogen and oxygen atoms in total. The van der Waals surface area contributed by atoms with Gasteiger partial charge in [-0.05, 0) is 38.3 Å². The summed E-state index contributed by atoms with van der Waals surface area (Å²) < 4.78 is 0.973. The molecule has 1 saturated carbocycles. The first-order valence-electron chi connectivity index (χ1n) is 7.07. The summed E-state index contributed by atoms with van der Waals surface area (Å²) in [5.74, 6) is -1.02. The molecule has 1 N–H and O–H groups in total. The van der Waals surface area contributed by atoms with Gasteiger partial charge in [-0.15, -0.1) is 0 Å². The molecule has 1 fully saturated rings. The van der Waals surface area contributed by atoms with Crippen LogP contribution in [0.15, 0.2) is 28.7 Å². The Morgan fingerprint density at radius 3 is 2.48 bits per heavy atom. The van der Waals surface area contributed by atoms with Crippen LogP contribution >= 0.6 is 15.9 Å². The minimum atomic E-state index is -1.03. The largest absolute Gasteiger partial charge is 0.481 e. The number of halogens is 1. The molecular formula is C16H20BrNO3. The fourth-order valence-corrected chi connectivity index (χ4v) is 2.58. The van der Waals surface area contributed by atoms with E-state index in [1.165, 1.54) is 0 Å². The predicted octanol–water partition coefficient (Wildman–Crippen LogP) is 3.44. The lowest BCUT2D eigenvalue weighted by Gasteiger charge is -2.27. The molecule has 0 atom stereocenters. The van der Waals surface area contributed by atoms with Gasteiger partial charge in [-0.1, -0.05) is 34.1 Å². The highest BCUT2D eigenvalue weighted by Crippen LogP contribution is 2.32. The average molecular weight is 354 g/mol. The fraction of sp³-hybridized carbons (Fsp3) is 0.500. The number of carboxylic acids is 1. The number of carbonyl (C=O) groups is 2. The second kappa shape index (κ2) is 6.18. The molecule has 5 heteroatoms. The number of carboxylic acid groups (broad SMARTS) is 1. The van der Waals surface area contributed by atoms with Crippen molar-refractivity contribution in [3.05, 3.63) is 34.3 Å². The van der Waals surface area contributed by atoms with Crippen LogP contribution in [0.5, 0.6) is 0 Å². The predicted molar refractivity (Wildman–Crippen MR) is 83.7 cm³/mol. The number of rotatable bonds is 6. The van der Waals surface area contributed by atoms with Crippen LogP contribution in [0, 0.1) is 5.41 Å². The van der Waals surface area contributed by atoms with Crippen LogP contribution in [0.1, 0.15) is 38.7 Å². The quantitative estimate of drug-likeness (QED) is 0.851. The van der Waals surface area contributed by atoms with Gasteiger partial charge in [0.1, 0.15) is 0 Å². The van der Waals surface area contributed by atoms with Crippen molar-refractivity contribution < 1.29 is 14.7 Å². The van der Waals surface area contributed by atoms with Gasteiger partial charge in [0, 0.05) is 23.5 Å². The third-order valence-electron chi connectivity index (χ3n) is 3.78. The molecule has 1 aliphatic carbocycles. The Hall–Kier alpha value is -1.36. The molecule has 1 amide bonds. The van der Waals surface area contributed by atoms with E-state index in [4.69, 9.17) is 0 Å². The summed E-state index contributed by atoms with van der Waals surface area (Å²) in [4.78, 5) is 25.5. The molecule has 0 heterocycles. The van der Waals surface area contributed by atoms with Crippen molar-refractivity contribution in [1.29, 1.82) is 0 Å². The zero-order valence-corrected chi connectivity index (χ0v) is 13.9. The highest BCUT2D eigenvalue weighted by molar-refractivity contribution is 9.10. The van der Waals surface area contributed by atoms with Crippen LogP contribution in [0.25, 0.3) is 0 Å². The van der Waals surface area contributed by atoms with Crippen LogP contribution in [-0.4, -0.2) is 27.9 Å². The molecule has 0 aromatic heterocycles. The number of aliphatic carboxylic acids is 1. The lowest BCUT2D eigenvalue weighted by molar-refractivity contribution is -0.151. The van der Waals surface area contributed by atoms with Gasteiger partial charge >= 0.3 is 5.97 Å². The minimum Gasteiger partial charge on any atom is -0.481 e. The maximum absolute atomic E-state index is 12.5. The van der Waals surface area contributed by atoms with Crippen LogP contribution in [-0.2, 0) is 16.1 Å². The van der Waals surface area contributed by atoms with Crippen molar-refractivity contribution in [3.8, 4) is 0 Å².